The average molecular weight is 412 g/mol. The number of carboxylic acids is 1. The Labute approximate surface area is 178 Å². The van der Waals surface area contributed by atoms with Gasteiger partial charge >= 0.3 is 13.1 Å². The maximum Gasteiger partial charge on any atom is 0.494 e. The summed E-state index contributed by atoms with van der Waals surface area (Å²) >= 11 is 0. The molecule has 1 aliphatic heterocycles. The third-order valence-electron chi connectivity index (χ3n) is 5.62. The lowest BCUT2D eigenvalue weighted by atomic mass is 9.77. The summed E-state index contributed by atoms with van der Waals surface area (Å²) < 4.78 is 23.7. The SMILES string of the molecule is COCc1cc(COc2ccccc2CC(=O)O)cc(B2OC(C)(C)C(C)(C)O2)c1. The van der Waals surface area contributed by atoms with Gasteiger partial charge in [0.25, 0.3) is 0 Å². The molecule has 1 N–H and O–H groups in total. The minimum atomic E-state index is -0.892. The summed E-state index contributed by atoms with van der Waals surface area (Å²) in [5.74, 6) is -0.328. The number of para-hydroxylation sites is 1. The van der Waals surface area contributed by atoms with Crippen molar-refractivity contribution in [2.24, 2.45) is 0 Å². The van der Waals surface area contributed by atoms with Crippen molar-refractivity contribution < 1.29 is 28.7 Å². The Morgan fingerprint density at radius 1 is 1.00 bits per heavy atom. The number of methoxy groups -OCH3 is 1. The zero-order valence-corrected chi connectivity index (χ0v) is 18.2. The van der Waals surface area contributed by atoms with Crippen LogP contribution in [-0.4, -0.2) is 36.5 Å². The van der Waals surface area contributed by atoms with Gasteiger partial charge < -0.3 is 23.9 Å². The van der Waals surface area contributed by atoms with E-state index in [1.165, 1.54) is 0 Å². The highest BCUT2D eigenvalue weighted by atomic mass is 16.7. The molecular formula is C23H29BO6. The molecule has 0 bridgehead atoms. The molecule has 7 heteroatoms. The van der Waals surface area contributed by atoms with Crippen LogP contribution in [0.3, 0.4) is 0 Å². The normalized spacial score (nSPS) is 17.2. The summed E-state index contributed by atoms with van der Waals surface area (Å²) in [5.41, 5.74) is 2.61. The first-order chi connectivity index (χ1) is 14.1. The molecule has 0 unspecified atom stereocenters. The van der Waals surface area contributed by atoms with E-state index in [-0.39, 0.29) is 6.42 Å². The van der Waals surface area contributed by atoms with Crippen LogP contribution in [0.5, 0.6) is 5.75 Å². The number of rotatable bonds is 8. The zero-order chi connectivity index (χ0) is 21.9. The van der Waals surface area contributed by atoms with Crippen LogP contribution >= 0.6 is 0 Å². The molecule has 1 heterocycles. The van der Waals surface area contributed by atoms with E-state index >= 15 is 0 Å². The van der Waals surface area contributed by atoms with E-state index in [9.17, 15) is 4.79 Å². The van der Waals surface area contributed by atoms with Crippen molar-refractivity contribution in [2.75, 3.05) is 7.11 Å². The molecule has 0 saturated carbocycles. The Hall–Kier alpha value is -2.35. The van der Waals surface area contributed by atoms with Crippen molar-refractivity contribution in [3.05, 3.63) is 59.2 Å². The minimum Gasteiger partial charge on any atom is -0.489 e. The van der Waals surface area contributed by atoms with E-state index in [0.717, 1.165) is 16.6 Å². The van der Waals surface area contributed by atoms with Gasteiger partial charge in [0.15, 0.2) is 0 Å². The highest BCUT2D eigenvalue weighted by Gasteiger charge is 2.51. The minimum absolute atomic E-state index is 0.0843. The van der Waals surface area contributed by atoms with E-state index in [4.69, 9.17) is 23.9 Å². The largest absolute Gasteiger partial charge is 0.494 e. The van der Waals surface area contributed by atoms with Crippen molar-refractivity contribution in [2.45, 2.75) is 58.5 Å². The summed E-state index contributed by atoms with van der Waals surface area (Å²) in [6, 6.07) is 13.2. The molecule has 0 aromatic heterocycles. The Kier molecular flexibility index (Phi) is 6.55. The predicted molar refractivity (Wildman–Crippen MR) is 115 cm³/mol. The van der Waals surface area contributed by atoms with Crippen molar-refractivity contribution >= 4 is 18.6 Å². The molecule has 0 aliphatic carbocycles. The fraction of sp³-hybridized carbons (Fsp3) is 0.435. The van der Waals surface area contributed by atoms with Gasteiger partial charge in [-0.25, -0.2) is 0 Å². The van der Waals surface area contributed by atoms with Crippen LogP contribution in [0.25, 0.3) is 0 Å². The number of carboxylic acid groups (broad SMARTS) is 1. The molecule has 30 heavy (non-hydrogen) atoms. The van der Waals surface area contributed by atoms with Crippen LogP contribution < -0.4 is 10.2 Å². The van der Waals surface area contributed by atoms with Gasteiger partial charge in [-0.15, -0.1) is 0 Å². The predicted octanol–water partition coefficient (Wildman–Crippen LogP) is 3.34. The van der Waals surface area contributed by atoms with Gasteiger partial charge in [0.1, 0.15) is 12.4 Å². The second-order valence-corrected chi connectivity index (χ2v) is 8.57. The van der Waals surface area contributed by atoms with Crippen LogP contribution in [0.1, 0.15) is 44.4 Å². The van der Waals surface area contributed by atoms with Gasteiger partial charge in [0.05, 0.1) is 24.2 Å². The molecule has 1 fully saturated rings. The highest BCUT2D eigenvalue weighted by molar-refractivity contribution is 6.62. The highest BCUT2D eigenvalue weighted by Crippen LogP contribution is 2.36. The van der Waals surface area contributed by atoms with E-state index in [0.29, 0.717) is 24.5 Å². The number of hydrogen-bond donors (Lipinski definition) is 1. The molecular weight excluding hydrogens is 383 g/mol. The van der Waals surface area contributed by atoms with Gasteiger partial charge in [-0.05, 0) is 50.4 Å². The first kappa shape index (κ1) is 22.3. The Bertz CT molecular complexity index is 892. The molecule has 3 rings (SSSR count). The van der Waals surface area contributed by atoms with Crippen LogP contribution in [0.15, 0.2) is 42.5 Å². The Morgan fingerprint density at radius 3 is 2.20 bits per heavy atom. The fourth-order valence-corrected chi connectivity index (χ4v) is 3.35. The standard InChI is InChI=1S/C23H29BO6/c1-22(2)23(3,4)30-24(29-22)19-11-16(14-27-5)10-17(12-19)15-28-20-9-7-6-8-18(20)13-21(25)26/h6-12H,13-15H2,1-5H3,(H,25,26). The van der Waals surface area contributed by atoms with Gasteiger partial charge in [-0.2, -0.15) is 0 Å². The van der Waals surface area contributed by atoms with E-state index in [1.807, 2.05) is 52.0 Å². The number of benzene rings is 2. The van der Waals surface area contributed by atoms with Gasteiger partial charge in [-0.1, -0.05) is 36.4 Å². The molecule has 2 aromatic carbocycles. The van der Waals surface area contributed by atoms with Crippen molar-refractivity contribution in [3.63, 3.8) is 0 Å². The lowest BCUT2D eigenvalue weighted by Crippen LogP contribution is -2.41. The molecule has 160 valence electrons. The van der Waals surface area contributed by atoms with Crippen LogP contribution in [0, 0.1) is 0 Å². The number of ether oxygens (including phenoxy) is 2. The number of carbonyl (C=O) groups is 1. The molecule has 0 atom stereocenters. The maximum absolute atomic E-state index is 11.1. The van der Waals surface area contributed by atoms with Gasteiger partial charge in [0, 0.05) is 12.7 Å². The lowest BCUT2D eigenvalue weighted by Gasteiger charge is -2.32. The average Bonchev–Trinajstić information content (AvgIpc) is 2.88. The molecule has 0 amide bonds. The topological polar surface area (TPSA) is 74.2 Å². The Balaban J connectivity index is 1.83. The zero-order valence-electron chi connectivity index (χ0n) is 18.2. The summed E-state index contributed by atoms with van der Waals surface area (Å²) in [6.07, 6.45) is -0.0843. The summed E-state index contributed by atoms with van der Waals surface area (Å²) in [5, 5.41) is 9.12. The van der Waals surface area contributed by atoms with Gasteiger partial charge in [0.2, 0.25) is 0 Å². The van der Waals surface area contributed by atoms with Gasteiger partial charge in [-0.3, -0.25) is 4.79 Å². The third-order valence-corrected chi connectivity index (χ3v) is 5.62. The molecule has 1 saturated heterocycles. The van der Waals surface area contributed by atoms with E-state index in [1.54, 1.807) is 25.3 Å². The first-order valence-electron chi connectivity index (χ1n) is 10.0. The molecule has 1 aliphatic rings. The van der Waals surface area contributed by atoms with Crippen LogP contribution in [0.2, 0.25) is 0 Å². The first-order valence-corrected chi connectivity index (χ1v) is 10.0. The van der Waals surface area contributed by atoms with E-state index < -0.39 is 24.3 Å². The molecule has 0 radical (unpaired) electrons. The lowest BCUT2D eigenvalue weighted by molar-refractivity contribution is -0.136. The molecule has 6 nitrogen and oxygen atoms in total. The monoisotopic (exact) mass is 412 g/mol. The Morgan fingerprint density at radius 2 is 1.60 bits per heavy atom. The molecule has 0 spiro atoms. The summed E-state index contributed by atoms with van der Waals surface area (Å²) in [6.45, 7) is 8.84. The second-order valence-electron chi connectivity index (χ2n) is 8.57. The third kappa shape index (κ3) is 5.03. The van der Waals surface area contributed by atoms with Crippen molar-refractivity contribution in [1.82, 2.24) is 0 Å². The van der Waals surface area contributed by atoms with Crippen LogP contribution in [-0.2, 0) is 38.5 Å². The second kappa shape index (κ2) is 8.80. The fourth-order valence-electron chi connectivity index (χ4n) is 3.35. The quantitative estimate of drug-likeness (QED) is 0.671. The number of hydrogen-bond acceptors (Lipinski definition) is 5. The summed E-state index contributed by atoms with van der Waals surface area (Å²) in [7, 11) is 1.17. The summed E-state index contributed by atoms with van der Waals surface area (Å²) in [4.78, 5) is 11.1. The van der Waals surface area contributed by atoms with Crippen LogP contribution in [0.4, 0.5) is 0 Å². The van der Waals surface area contributed by atoms with E-state index in [2.05, 4.69) is 0 Å². The van der Waals surface area contributed by atoms with Crippen molar-refractivity contribution in [3.8, 4) is 5.75 Å². The van der Waals surface area contributed by atoms with Crippen molar-refractivity contribution in [1.29, 1.82) is 0 Å². The molecule has 2 aromatic rings. The maximum atomic E-state index is 11.1. The smallest absolute Gasteiger partial charge is 0.489 e. The number of aliphatic carboxylic acids is 1.